The van der Waals surface area contributed by atoms with E-state index in [1.165, 1.54) is 0 Å². The first-order valence-electron chi connectivity index (χ1n) is 9.20. The van der Waals surface area contributed by atoms with Crippen LogP contribution in [0.3, 0.4) is 0 Å². The highest BCUT2D eigenvalue weighted by molar-refractivity contribution is 6.31. The van der Waals surface area contributed by atoms with Gasteiger partial charge in [-0.1, -0.05) is 29.8 Å². The maximum atomic E-state index is 12.3. The van der Waals surface area contributed by atoms with Gasteiger partial charge in [-0.25, -0.2) is 4.79 Å². The van der Waals surface area contributed by atoms with Crippen LogP contribution >= 0.6 is 11.6 Å². The van der Waals surface area contributed by atoms with E-state index in [0.717, 1.165) is 21.9 Å². The summed E-state index contributed by atoms with van der Waals surface area (Å²) in [7, 11) is 0. The third kappa shape index (κ3) is 3.98. The number of halogens is 1. The zero-order valence-corrected chi connectivity index (χ0v) is 16.5. The normalized spacial score (nSPS) is 11.1. The van der Waals surface area contributed by atoms with Crippen LogP contribution in [-0.4, -0.2) is 30.0 Å². The highest BCUT2D eigenvalue weighted by Gasteiger charge is 2.20. The number of carbonyl (C=O) groups excluding carboxylic acids is 2. The molecule has 0 aliphatic heterocycles. The largest absolute Gasteiger partial charge is 0.450 e. The Morgan fingerprint density at radius 1 is 1.17 bits per heavy atom. The summed E-state index contributed by atoms with van der Waals surface area (Å²) in [5.74, 6) is -0.967. The van der Waals surface area contributed by atoms with Crippen LogP contribution in [0.4, 0.5) is 0 Å². The minimum Gasteiger partial charge on any atom is -0.450 e. The predicted octanol–water partition coefficient (Wildman–Crippen LogP) is 4.39. The molecule has 2 heterocycles. The van der Waals surface area contributed by atoms with Gasteiger partial charge in [0.25, 0.3) is 5.91 Å². The second kappa shape index (κ2) is 8.01. The van der Waals surface area contributed by atoms with Crippen molar-refractivity contribution in [1.82, 2.24) is 10.3 Å². The molecule has 2 N–H and O–H groups in total. The van der Waals surface area contributed by atoms with Crippen LogP contribution in [-0.2, 0) is 16.0 Å². The van der Waals surface area contributed by atoms with Gasteiger partial charge in [0.1, 0.15) is 5.58 Å². The Labute approximate surface area is 171 Å². The van der Waals surface area contributed by atoms with E-state index >= 15 is 0 Å². The summed E-state index contributed by atoms with van der Waals surface area (Å²) in [5.41, 5.74) is 3.36. The molecule has 0 fully saturated rings. The van der Waals surface area contributed by atoms with Crippen molar-refractivity contribution < 1.29 is 18.7 Å². The number of nitrogens with one attached hydrogen (secondary N) is 2. The third-order valence-electron chi connectivity index (χ3n) is 4.81. The second-order valence-corrected chi connectivity index (χ2v) is 7.17. The smallest absolute Gasteiger partial charge is 0.375 e. The number of hydrogen-bond donors (Lipinski definition) is 2. The van der Waals surface area contributed by atoms with Crippen LogP contribution in [0.25, 0.3) is 21.9 Å². The van der Waals surface area contributed by atoms with E-state index in [-0.39, 0.29) is 18.3 Å². The van der Waals surface area contributed by atoms with E-state index in [1.54, 1.807) is 25.1 Å². The molecular formula is C22H19ClN2O4. The first kappa shape index (κ1) is 19.1. The second-order valence-electron chi connectivity index (χ2n) is 6.73. The molecule has 0 aliphatic rings. The summed E-state index contributed by atoms with van der Waals surface area (Å²) < 4.78 is 10.7. The molecule has 1 amide bonds. The number of aromatic nitrogens is 1. The fraction of sp³-hybridized carbons (Fsp3) is 0.182. The molecule has 148 valence electrons. The number of furan rings is 1. The predicted molar refractivity (Wildman–Crippen MR) is 111 cm³/mol. The topological polar surface area (TPSA) is 84.3 Å². The van der Waals surface area contributed by atoms with Crippen molar-refractivity contribution in [3.05, 3.63) is 70.6 Å². The molecular weight excluding hydrogens is 392 g/mol. The lowest BCUT2D eigenvalue weighted by Crippen LogP contribution is -2.30. The van der Waals surface area contributed by atoms with Crippen molar-refractivity contribution in [2.45, 2.75) is 13.3 Å². The lowest BCUT2D eigenvalue weighted by Gasteiger charge is -2.06. The number of aromatic amines is 1. The van der Waals surface area contributed by atoms with Crippen LogP contribution in [0.5, 0.6) is 0 Å². The van der Waals surface area contributed by atoms with Gasteiger partial charge in [-0.15, -0.1) is 0 Å². The van der Waals surface area contributed by atoms with Gasteiger partial charge in [-0.05, 0) is 43.2 Å². The molecule has 0 radical (unpaired) electrons. The number of carbonyl (C=O) groups is 2. The molecule has 4 rings (SSSR count). The Balaban J connectivity index is 1.30. The molecule has 2 aromatic heterocycles. The fourth-order valence-corrected chi connectivity index (χ4v) is 3.48. The number of ether oxygens (including phenoxy) is 1. The van der Waals surface area contributed by atoms with Crippen molar-refractivity contribution in [3.63, 3.8) is 0 Å². The standard InChI is InChI=1S/C22H19ClN2O4/c1-13-17-10-15(23)6-7-19(17)29-21(13)22(27)28-12-20(26)24-9-8-14-11-25-18-5-3-2-4-16(14)18/h2-7,10-11,25H,8-9,12H2,1H3,(H,24,26). The molecule has 2 aromatic carbocycles. The summed E-state index contributed by atoms with van der Waals surface area (Å²) in [6.45, 7) is 1.82. The van der Waals surface area contributed by atoms with Crippen molar-refractivity contribution in [3.8, 4) is 0 Å². The van der Waals surface area contributed by atoms with Gasteiger partial charge >= 0.3 is 5.97 Å². The SMILES string of the molecule is Cc1c(C(=O)OCC(=O)NCCc2c[nH]c3ccccc23)oc2ccc(Cl)cc12. The molecule has 0 bridgehead atoms. The molecule has 0 atom stereocenters. The summed E-state index contributed by atoms with van der Waals surface area (Å²) in [5, 5.41) is 5.19. The average Bonchev–Trinajstić information content (AvgIpc) is 3.28. The number of para-hydroxylation sites is 1. The minimum absolute atomic E-state index is 0.0776. The Morgan fingerprint density at radius 3 is 2.86 bits per heavy atom. The number of benzene rings is 2. The van der Waals surface area contributed by atoms with Crippen LogP contribution in [0.15, 0.2) is 53.1 Å². The van der Waals surface area contributed by atoms with Crippen LogP contribution in [0.2, 0.25) is 5.02 Å². The van der Waals surface area contributed by atoms with E-state index in [4.69, 9.17) is 20.8 Å². The summed E-state index contributed by atoms with van der Waals surface area (Å²) in [6, 6.07) is 13.1. The number of fused-ring (bicyclic) bond motifs is 2. The molecule has 0 unspecified atom stereocenters. The highest BCUT2D eigenvalue weighted by atomic mass is 35.5. The van der Waals surface area contributed by atoms with Crippen molar-refractivity contribution in [1.29, 1.82) is 0 Å². The fourth-order valence-electron chi connectivity index (χ4n) is 3.31. The maximum Gasteiger partial charge on any atom is 0.375 e. The summed E-state index contributed by atoms with van der Waals surface area (Å²) in [4.78, 5) is 27.5. The maximum absolute atomic E-state index is 12.3. The molecule has 0 spiro atoms. The number of aryl methyl sites for hydroxylation is 1. The van der Waals surface area contributed by atoms with E-state index in [9.17, 15) is 9.59 Å². The van der Waals surface area contributed by atoms with Gasteiger partial charge in [0.2, 0.25) is 5.76 Å². The summed E-state index contributed by atoms with van der Waals surface area (Å²) >= 11 is 5.99. The molecule has 0 saturated carbocycles. The zero-order valence-electron chi connectivity index (χ0n) is 15.8. The zero-order chi connectivity index (χ0) is 20.4. The minimum atomic E-state index is -0.679. The Kier molecular flexibility index (Phi) is 5.27. The quantitative estimate of drug-likeness (QED) is 0.462. The lowest BCUT2D eigenvalue weighted by molar-refractivity contribution is -0.124. The van der Waals surface area contributed by atoms with Crippen LogP contribution in [0, 0.1) is 6.92 Å². The number of esters is 1. The van der Waals surface area contributed by atoms with Crippen molar-refractivity contribution >= 4 is 45.3 Å². The Hall–Kier alpha value is -3.25. The first-order valence-corrected chi connectivity index (χ1v) is 9.58. The molecule has 4 aromatic rings. The lowest BCUT2D eigenvalue weighted by atomic mass is 10.1. The molecule has 0 aliphatic carbocycles. The van der Waals surface area contributed by atoms with Gasteiger partial charge in [0.05, 0.1) is 0 Å². The first-order chi connectivity index (χ1) is 14.0. The number of amides is 1. The van der Waals surface area contributed by atoms with E-state index in [1.807, 2.05) is 30.5 Å². The molecule has 6 nitrogen and oxygen atoms in total. The molecule has 0 saturated heterocycles. The number of H-pyrrole nitrogens is 1. The van der Waals surface area contributed by atoms with Crippen molar-refractivity contribution in [2.75, 3.05) is 13.2 Å². The Bertz CT molecular complexity index is 1210. The van der Waals surface area contributed by atoms with E-state index in [0.29, 0.717) is 29.1 Å². The van der Waals surface area contributed by atoms with Gasteiger partial charge in [-0.2, -0.15) is 0 Å². The van der Waals surface area contributed by atoms with E-state index < -0.39 is 5.97 Å². The monoisotopic (exact) mass is 410 g/mol. The van der Waals surface area contributed by atoms with Gasteiger partial charge < -0.3 is 19.5 Å². The highest BCUT2D eigenvalue weighted by Crippen LogP contribution is 2.28. The molecule has 29 heavy (non-hydrogen) atoms. The number of rotatable bonds is 6. The Morgan fingerprint density at radius 2 is 2.00 bits per heavy atom. The average molecular weight is 411 g/mol. The van der Waals surface area contributed by atoms with Gasteiger partial charge in [-0.3, -0.25) is 4.79 Å². The molecule has 7 heteroatoms. The van der Waals surface area contributed by atoms with Gasteiger partial charge in [0.15, 0.2) is 6.61 Å². The van der Waals surface area contributed by atoms with Crippen molar-refractivity contribution in [2.24, 2.45) is 0 Å². The van der Waals surface area contributed by atoms with Crippen LogP contribution in [0.1, 0.15) is 21.7 Å². The third-order valence-corrected chi connectivity index (χ3v) is 5.04. The van der Waals surface area contributed by atoms with Gasteiger partial charge in [0, 0.05) is 39.6 Å². The number of hydrogen-bond acceptors (Lipinski definition) is 4. The van der Waals surface area contributed by atoms with E-state index in [2.05, 4.69) is 10.3 Å². The van der Waals surface area contributed by atoms with Crippen LogP contribution < -0.4 is 5.32 Å². The summed E-state index contributed by atoms with van der Waals surface area (Å²) in [6.07, 6.45) is 2.61.